The molecule has 0 amide bonds. The molecule has 0 saturated heterocycles. The fourth-order valence-electron chi connectivity index (χ4n) is 5.80. The van der Waals surface area contributed by atoms with Gasteiger partial charge in [0.2, 0.25) is 0 Å². The van der Waals surface area contributed by atoms with Gasteiger partial charge in [-0.2, -0.15) is 5.10 Å². The summed E-state index contributed by atoms with van der Waals surface area (Å²) in [7, 11) is 0. The zero-order valence-corrected chi connectivity index (χ0v) is 24.8. The van der Waals surface area contributed by atoms with E-state index in [2.05, 4.69) is 11.1 Å². The number of ether oxygens (including phenoxy) is 2. The molecule has 1 unspecified atom stereocenters. The van der Waals surface area contributed by atoms with Gasteiger partial charge in [-0.05, 0) is 94.0 Å². The highest BCUT2D eigenvalue weighted by Crippen LogP contribution is 2.42. The molecule has 0 aliphatic carbocycles. The van der Waals surface area contributed by atoms with Crippen molar-refractivity contribution < 1.29 is 23.8 Å². The maximum atomic E-state index is 15.6. The monoisotopic (exact) mass is 580 g/mol. The van der Waals surface area contributed by atoms with E-state index in [9.17, 15) is 9.90 Å². The van der Waals surface area contributed by atoms with Gasteiger partial charge in [-0.25, -0.2) is 18.7 Å². The van der Waals surface area contributed by atoms with Crippen LogP contribution in [0.15, 0.2) is 61.1 Å². The molecule has 220 valence electrons. The maximum absolute atomic E-state index is 15.6. The van der Waals surface area contributed by atoms with Gasteiger partial charge in [0.05, 0.1) is 24.1 Å². The molecule has 1 aliphatic heterocycles. The molecule has 0 bridgehead atoms. The summed E-state index contributed by atoms with van der Waals surface area (Å²) in [6, 6.07) is 13.3. The Morgan fingerprint density at radius 1 is 1.07 bits per heavy atom. The van der Waals surface area contributed by atoms with Gasteiger partial charge in [-0.1, -0.05) is 18.2 Å². The van der Waals surface area contributed by atoms with Crippen molar-refractivity contribution >= 4 is 11.6 Å². The average Bonchev–Trinajstić information content (AvgIpc) is 3.41. The van der Waals surface area contributed by atoms with Gasteiger partial charge < -0.3 is 14.6 Å². The molecule has 0 fully saturated rings. The van der Waals surface area contributed by atoms with Gasteiger partial charge in [0, 0.05) is 40.3 Å². The number of aryl methyl sites for hydroxylation is 1. The van der Waals surface area contributed by atoms with E-state index in [-0.39, 0.29) is 5.75 Å². The minimum absolute atomic E-state index is 0.255. The van der Waals surface area contributed by atoms with Gasteiger partial charge in [-0.15, -0.1) is 0 Å². The number of carboxylic acid groups (broad SMARTS) is 1. The highest BCUT2D eigenvalue weighted by atomic mass is 19.1. The van der Waals surface area contributed by atoms with Gasteiger partial charge in [-0.3, -0.25) is 4.98 Å². The van der Waals surface area contributed by atoms with E-state index >= 15 is 4.39 Å². The maximum Gasteiger partial charge on any atom is 0.337 e. The Balaban J connectivity index is 1.64. The number of hydrogen-bond donors (Lipinski definition) is 1. The number of aromatic nitrogens is 4. The molecule has 2 aromatic carbocycles. The molecule has 1 N–H and O–H groups in total. The van der Waals surface area contributed by atoms with E-state index < -0.39 is 23.5 Å². The van der Waals surface area contributed by atoms with Crippen molar-refractivity contribution in [3.63, 3.8) is 0 Å². The quantitative estimate of drug-likeness (QED) is 0.228. The summed E-state index contributed by atoms with van der Waals surface area (Å²) in [5.41, 5.74) is 6.73. The van der Waals surface area contributed by atoms with Crippen molar-refractivity contribution in [1.82, 2.24) is 19.6 Å². The predicted molar refractivity (Wildman–Crippen MR) is 162 cm³/mol. The molecule has 6 rings (SSSR count). The minimum Gasteiger partial charge on any atom is -0.490 e. The summed E-state index contributed by atoms with van der Waals surface area (Å²) >= 11 is 0. The van der Waals surface area contributed by atoms with Crippen LogP contribution in [0.3, 0.4) is 0 Å². The number of rotatable bonds is 6. The first-order chi connectivity index (χ1) is 20.5. The number of carbonyl (C=O) groups is 1. The van der Waals surface area contributed by atoms with Crippen molar-refractivity contribution in [2.24, 2.45) is 0 Å². The van der Waals surface area contributed by atoms with Crippen LogP contribution in [-0.2, 0) is 16.0 Å². The predicted octanol–water partition coefficient (Wildman–Crippen LogP) is 7.15. The summed E-state index contributed by atoms with van der Waals surface area (Å²) in [5.74, 6) is -1.41. The highest BCUT2D eigenvalue weighted by Gasteiger charge is 2.35. The van der Waals surface area contributed by atoms with Gasteiger partial charge in [0.15, 0.2) is 23.3 Å². The smallest absolute Gasteiger partial charge is 0.337 e. The van der Waals surface area contributed by atoms with E-state index in [0.29, 0.717) is 41.2 Å². The minimum atomic E-state index is -1.37. The lowest BCUT2D eigenvalue weighted by atomic mass is 9.90. The second-order valence-corrected chi connectivity index (χ2v) is 11.8. The van der Waals surface area contributed by atoms with Crippen molar-refractivity contribution in [3.8, 4) is 39.3 Å². The Kier molecular flexibility index (Phi) is 7.22. The standard InChI is InChI=1S/C34H33FN4O4/c1-19-24-10-7-15-42-30(24)27(35)17-25(19)29-28(31(33(40)41)43-34(3,4)5)20(2)38-32-26(18-37-39(29)32)23-9-6-8-22(16-23)21-11-13-36-14-12-21/h6,8-9,11-14,16-18,31H,7,10,15H2,1-5H3,(H,40,41). The third-order valence-electron chi connectivity index (χ3n) is 7.71. The first-order valence-corrected chi connectivity index (χ1v) is 14.3. The van der Waals surface area contributed by atoms with Crippen molar-refractivity contribution in [1.29, 1.82) is 0 Å². The molecule has 9 heteroatoms. The number of pyridine rings is 1. The molecule has 8 nitrogen and oxygen atoms in total. The molecule has 3 aromatic heterocycles. The van der Waals surface area contributed by atoms with Crippen LogP contribution in [0.1, 0.15) is 55.7 Å². The summed E-state index contributed by atoms with van der Waals surface area (Å²) in [4.78, 5) is 21.8. The van der Waals surface area contributed by atoms with Crippen LogP contribution < -0.4 is 4.74 Å². The molecule has 0 spiro atoms. The second-order valence-electron chi connectivity index (χ2n) is 11.8. The number of nitrogens with zero attached hydrogens (tertiary/aromatic N) is 4. The molecule has 0 saturated carbocycles. The van der Waals surface area contributed by atoms with E-state index in [1.807, 2.05) is 37.3 Å². The Morgan fingerprint density at radius 3 is 2.53 bits per heavy atom. The van der Waals surface area contributed by atoms with E-state index in [4.69, 9.17) is 19.6 Å². The normalized spacial score (nSPS) is 13.9. The number of fused-ring (bicyclic) bond motifs is 2. The first-order valence-electron chi connectivity index (χ1n) is 14.3. The summed E-state index contributed by atoms with van der Waals surface area (Å²) < 4.78 is 29.0. The molecule has 5 aromatic rings. The molecule has 4 heterocycles. The second kappa shape index (κ2) is 10.9. The number of aliphatic carboxylic acids is 1. The van der Waals surface area contributed by atoms with Crippen molar-refractivity contribution in [2.75, 3.05) is 6.61 Å². The summed E-state index contributed by atoms with van der Waals surface area (Å²) in [5, 5.41) is 15.2. The number of benzene rings is 2. The third kappa shape index (κ3) is 5.25. The lowest BCUT2D eigenvalue weighted by Crippen LogP contribution is -2.29. The van der Waals surface area contributed by atoms with Gasteiger partial charge >= 0.3 is 5.97 Å². The van der Waals surface area contributed by atoms with Crippen LogP contribution in [0.25, 0.3) is 39.2 Å². The number of halogens is 1. The van der Waals surface area contributed by atoms with Crippen LogP contribution in [0, 0.1) is 19.7 Å². The first kappa shape index (κ1) is 28.5. The molecule has 43 heavy (non-hydrogen) atoms. The van der Waals surface area contributed by atoms with Gasteiger partial charge in [0.1, 0.15) is 0 Å². The van der Waals surface area contributed by atoms with E-state index in [1.54, 1.807) is 50.8 Å². The SMILES string of the molecule is Cc1nc2c(-c3cccc(-c4ccncc4)c3)cnn2c(-c2cc(F)c3c(c2C)CCCO3)c1C(OC(C)(C)C)C(=O)O. The van der Waals surface area contributed by atoms with E-state index in [0.717, 1.165) is 39.8 Å². The van der Waals surface area contributed by atoms with E-state index in [1.165, 1.54) is 6.07 Å². The average molecular weight is 581 g/mol. The lowest BCUT2D eigenvalue weighted by Gasteiger charge is -2.28. The zero-order chi connectivity index (χ0) is 30.5. The lowest BCUT2D eigenvalue weighted by molar-refractivity contribution is -0.160. The largest absolute Gasteiger partial charge is 0.490 e. The number of hydrogen-bond acceptors (Lipinski definition) is 6. The fourth-order valence-corrected chi connectivity index (χ4v) is 5.80. The Labute approximate surface area is 249 Å². The van der Waals surface area contributed by atoms with Crippen LogP contribution in [0.5, 0.6) is 5.75 Å². The third-order valence-corrected chi connectivity index (χ3v) is 7.71. The Bertz CT molecular complexity index is 1860. The van der Waals surface area contributed by atoms with Crippen LogP contribution >= 0.6 is 0 Å². The molecular formula is C34H33FN4O4. The summed E-state index contributed by atoms with van der Waals surface area (Å²) in [6.45, 7) is 9.52. The van der Waals surface area contributed by atoms with Crippen molar-refractivity contribution in [2.45, 2.75) is 59.2 Å². The number of carboxylic acids is 1. The van der Waals surface area contributed by atoms with Gasteiger partial charge in [0.25, 0.3) is 0 Å². The molecule has 1 aliphatic rings. The van der Waals surface area contributed by atoms with Crippen molar-refractivity contribution in [3.05, 3.63) is 89.3 Å². The Hall–Kier alpha value is -4.63. The summed E-state index contributed by atoms with van der Waals surface area (Å²) in [6.07, 6.45) is 5.26. The topological polar surface area (TPSA) is 98.8 Å². The zero-order valence-electron chi connectivity index (χ0n) is 24.8. The Morgan fingerprint density at radius 2 is 1.81 bits per heavy atom. The molecule has 0 radical (unpaired) electrons. The van der Waals surface area contributed by atoms with Crippen LogP contribution in [0.2, 0.25) is 0 Å². The fraction of sp³-hybridized carbons (Fsp3) is 0.294. The highest BCUT2D eigenvalue weighted by molar-refractivity contribution is 5.86. The molecular weight excluding hydrogens is 547 g/mol. The van der Waals surface area contributed by atoms with Crippen LogP contribution in [-0.4, -0.2) is 42.9 Å². The molecule has 1 atom stereocenters. The van der Waals surface area contributed by atoms with Crippen LogP contribution in [0.4, 0.5) is 4.39 Å².